The number of hydrogen-bond acceptors (Lipinski definition) is 5. The summed E-state index contributed by atoms with van der Waals surface area (Å²) in [7, 11) is 1.66. The molecular weight excluding hydrogens is 282 g/mol. The van der Waals surface area contributed by atoms with Crippen LogP contribution in [0.3, 0.4) is 0 Å². The van der Waals surface area contributed by atoms with Gasteiger partial charge in [-0.05, 0) is 32.4 Å². The van der Waals surface area contributed by atoms with Crippen LogP contribution in [0.2, 0.25) is 0 Å². The van der Waals surface area contributed by atoms with Gasteiger partial charge >= 0.3 is 0 Å². The molecule has 2 aromatic rings. The summed E-state index contributed by atoms with van der Waals surface area (Å²) < 4.78 is 5.35. The molecule has 0 radical (unpaired) electrons. The van der Waals surface area contributed by atoms with E-state index in [-0.39, 0.29) is 6.04 Å². The van der Waals surface area contributed by atoms with E-state index in [0.717, 1.165) is 33.4 Å². The average Bonchev–Trinajstić information content (AvgIpc) is 2.50. The van der Waals surface area contributed by atoms with E-state index in [0.29, 0.717) is 5.75 Å². The first-order valence-electron chi connectivity index (χ1n) is 6.86. The van der Waals surface area contributed by atoms with Crippen LogP contribution in [-0.2, 0) is 0 Å². The lowest BCUT2D eigenvalue weighted by Gasteiger charge is -2.15. The Labute approximate surface area is 130 Å². The molecule has 2 rings (SSSR count). The highest BCUT2D eigenvalue weighted by molar-refractivity contribution is 7.99. The zero-order valence-corrected chi connectivity index (χ0v) is 13.7. The number of methoxy groups -OCH3 is 1. The summed E-state index contributed by atoms with van der Waals surface area (Å²) in [5, 5.41) is 0.779. The van der Waals surface area contributed by atoms with Crippen LogP contribution in [0.1, 0.15) is 28.6 Å². The van der Waals surface area contributed by atoms with Gasteiger partial charge in [0.25, 0.3) is 0 Å². The van der Waals surface area contributed by atoms with Gasteiger partial charge in [-0.1, -0.05) is 30.0 Å². The number of rotatable bonds is 5. The van der Waals surface area contributed by atoms with Crippen molar-refractivity contribution >= 4 is 11.8 Å². The molecule has 0 fully saturated rings. The van der Waals surface area contributed by atoms with Gasteiger partial charge in [-0.25, -0.2) is 9.97 Å². The third-order valence-corrected chi connectivity index (χ3v) is 4.51. The summed E-state index contributed by atoms with van der Waals surface area (Å²) in [6.45, 7) is 6.06. The van der Waals surface area contributed by atoms with Crippen molar-refractivity contribution in [1.82, 2.24) is 9.97 Å². The van der Waals surface area contributed by atoms with Crippen LogP contribution < -0.4 is 10.5 Å². The minimum absolute atomic E-state index is 0.114. The van der Waals surface area contributed by atoms with Crippen LogP contribution in [-0.4, -0.2) is 22.8 Å². The molecule has 1 atom stereocenters. The number of ether oxygens (including phenoxy) is 1. The van der Waals surface area contributed by atoms with Crippen molar-refractivity contribution in [2.45, 2.75) is 32.0 Å². The molecule has 0 aliphatic heterocycles. The second kappa shape index (κ2) is 6.91. The summed E-state index contributed by atoms with van der Waals surface area (Å²) in [5.41, 5.74) is 10.5. The van der Waals surface area contributed by atoms with Crippen molar-refractivity contribution in [2.75, 3.05) is 12.9 Å². The van der Waals surface area contributed by atoms with E-state index in [1.165, 1.54) is 0 Å². The van der Waals surface area contributed by atoms with Crippen LogP contribution in [0, 0.1) is 20.8 Å². The fourth-order valence-electron chi connectivity index (χ4n) is 2.03. The van der Waals surface area contributed by atoms with Crippen LogP contribution in [0.15, 0.2) is 29.4 Å². The van der Waals surface area contributed by atoms with Crippen molar-refractivity contribution < 1.29 is 4.74 Å². The van der Waals surface area contributed by atoms with Gasteiger partial charge in [0.2, 0.25) is 0 Å². The minimum atomic E-state index is -0.114. The number of aryl methyl sites for hydroxylation is 2. The molecular formula is C16H21N3OS. The van der Waals surface area contributed by atoms with E-state index in [2.05, 4.69) is 9.97 Å². The molecule has 1 heterocycles. The monoisotopic (exact) mass is 303 g/mol. The first-order valence-corrected chi connectivity index (χ1v) is 7.84. The van der Waals surface area contributed by atoms with Crippen molar-refractivity contribution in [1.29, 1.82) is 0 Å². The van der Waals surface area contributed by atoms with Crippen LogP contribution in [0.5, 0.6) is 5.75 Å². The van der Waals surface area contributed by atoms with E-state index in [1.54, 1.807) is 18.9 Å². The third kappa shape index (κ3) is 3.74. The number of hydrogen-bond donors (Lipinski definition) is 1. The molecule has 0 spiro atoms. The summed E-state index contributed by atoms with van der Waals surface area (Å²) in [6, 6.07) is 7.72. The van der Waals surface area contributed by atoms with Gasteiger partial charge in [0.05, 0.1) is 7.11 Å². The Hall–Kier alpha value is -1.59. The molecule has 1 aromatic heterocycles. The van der Waals surface area contributed by atoms with Crippen LogP contribution in [0.4, 0.5) is 0 Å². The molecule has 4 nitrogen and oxygen atoms in total. The predicted octanol–water partition coefficient (Wildman–Crippen LogP) is 3.20. The summed E-state index contributed by atoms with van der Waals surface area (Å²) in [5.74, 6) is 1.53. The molecule has 21 heavy (non-hydrogen) atoms. The van der Waals surface area contributed by atoms with E-state index in [4.69, 9.17) is 10.5 Å². The standard InChI is InChI=1S/C16H21N3OS/c1-10-11(2)18-16(19-12(10)3)21-9-14(17)13-7-5-6-8-15(13)20-4/h5-8,14H,9,17H2,1-4H3. The molecule has 1 aromatic carbocycles. The Bertz CT molecular complexity index is 608. The Morgan fingerprint density at radius 2 is 1.76 bits per heavy atom. The molecule has 0 amide bonds. The van der Waals surface area contributed by atoms with Gasteiger partial charge < -0.3 is 10.5 Å². The summed E-state index contributed by atoms with van der Waals surface area (Å²) in [6.07, 6.45) is 0. The maximum absolute atomic E-state index is 6.27. The van der Waals surface area contributed by atoms with Gasteiger partial charge in [-0.3, -0.25) is 0 Å². The van der Waals surface area contributed by atoms with E-state index >= 15 is 0 Å². The highest BCUT2D eigenvalue weighted by Crippen LogP contribution is 2.27. The number of para-hydroxylation sites is 1. The molecule has 5 heteroatoms. The molecule has 1 unspecified atom stereocenters. The quantitative estimate of drug-likeness (QED) is 0.679. The first kappa shape index (κ1) is 15.8. The second-order valence-corrected chi connectivity index (χ2v) is 5.95. The zero-order valence-electron chi connectivity index (χ0n) is 12.9. The Morgan fingerprint density at radius 3 is 2.38 bits per heavy atom. The maximum atomic E-state index is 6.27. The minimum Gasteiger partial charge on any atom is -0.496 e. The number of aromatic nitrogens is 2. The SMILES string of the molecule is COc1ccccc1C(N)CSc1nc(C)c(C)c(C)n1. The molecule has 0 saturated carbocycles. The predicted molar refractivity (Wildman–Crippen MR) is 86.9 cm³/mol. The normalized spacial score (nSPS) is 12.2. The van der Waals surface area contributed by atoms with E-state index in [1.807, 2.05) is 45.0 Å². The smallest absolute Gasteiger partial charge is 0.188 e. The lowest BCUT2D eigenvalue weighted by molar-refractivity contribution is 0.407. The molecule has 0 bridgehead atoms. The Morgan fingerprint density at radius 1 is 1.14 bits per heavy atom. The van der Waals surface area contributed by atoms with Crippen molar-refractivity contribution in [2.24, 2.45) is 5.73 Å². The number of nitrogens with zero attached hydrogens (tertiary/aromatic N) is 2. The maximum Gasteiger partial charge on any atom is 0.188 e. The number of nitrogens with two attached hydrogens (primary N) is 1. The molecule has 112 valence electrons. The molecule has 0 aliphatic rings. The van der Waals surface area contributed by atoms with E-state index in [9.17, 15) is 0 Å². The van der Waals surface area contributed by atoms with Crippen molar-refractivity contribution in [3.8, 4) is 5.75 Å². The van der Waals surface area contributed by atoms with E-state index < -0.39 is 0 Å². The third-order valence-electron chi connectivity index (χ3n) is 3.54. The van der Waals surface area contributed by atoms with Crippen LogP contribution >= 0.6 is 11.8 Å². The summed E-state index contributed by atoms with van der Waals surface area (Å²) in [4.78, 5) is 9.01. The Balaban J connectivity index is 2.09. The van der Waals surface area contributed by atoms with Gasteiger partial charge in [0, 0.05) is 28.7 Å². The fourth-order valence-corrected chi connectivity index (χ4v) is 2.94. The zero-order chi connectivity index (χ0) is 15.4. The molecule has 0 aliphatic carbocycles. The van der Waals surface area contributed by atoms with Gasteiger partial charge in [-0.15, -0.1) is 0 Å². The summed E-state index contributed by atoms with van der Waals surface area (Å²) >= 11 is 1.58. The lowest BCUT2D eigenvalue weighted by Crippen LogP contribution is -2.14. The Kier molecular flexibility index (Phi) is 5.20. The van der Waals surface area contributed by atoms with Crippen LogP contribution in [0.25, 0.3) is 0 Å². The topological polar surface area (TPSA) is 61.0 Å². The lowest BCUT2D eigenvalue weighted by atomic mass is 10.1. The van der Waals surface area contributed by atoms with Crippen molar-refractivity contribution in [3.05, 3.63) is 46.8 Å². The molecule has 2 N–H and O–H groups in total. The van der Waals surface area contributed by atoms with Crippen molar-refractivity contribution in [3.63, 3.8) is 0 Å². The largest absolute Gasteiger partial charge is 0.496 e. The highest BCUT2D eigenvalue weighted by Gasteiger charge is 2.13. The average molecular weight is 303 g/mol. The van der Waals surface area contributed by atoms with Gasteiger partial charge in [-0.2, -0.15) is 0 Å². The van der Waals surface area contributed by atoms with Gasteiger partial charge in [0.15, 0.2) is 5.16 Å². The van der Waals surface area contributed by atoms with Gasteiger partial charge in [0.1, 0.15) is 5.75 Å². The molecule has 0 saturated heterocycles. The number of thioether (sulfide) groups is 1. The highest BCUT2D eigenvalue weighted by atomic mass is 32.2. The number of benzene rings is 1. The second-order valence-electron chi connectivity index (χ2n) is 4.96. The fraction of sp³-hybridized carbons (Fsp3) is 0.375. The first-order chi connectivity index (χ1) is 10.0.